The highest BCUT2D eigenvalue weighted by molar-refractivity contribution is 14.1. The van der Waals surface area contributed by atoms with Gasteiger partial charge in [-0.3, -0.25) is 4.68 Å². The van der Waals surface area contributed by atoms with Gasteiger partial charge in [-0.25, -0.2) is 0 Å². The number of para-hydroxylation sites is 1. The summed E-state index contributed by atoms with van der Waals surface area (Å²) < 4.78 is 9.34. The molecule has 1 aromatic heterocycles. The van der Waals surface area contributed by atoms with Crippen LogP contribution < -0.4 is 4.74 Å². The van der Waals surface area contributed by atoms with E-state index in [1.807, 2.05) is 6.07 Å². The lowest BCUT2D eigenvalue weighted by atomic mass is 9.93. The van der Waals surface area contributed by atoms with E-state index in [9.17, 15) is 0 Å². The van der Waals surface area contributed by atoms with Crippen LogP contribution in [0.15, 0.2) is 24.3 Å². The van der Waals surface area contributed by atoms with Crippen molar-refractivity contribution in [3.8, 4) is 5.75 Å². The van der Waals surface area contributed by atoms with Crippen LogP contribution in [0.3, 0.4) is 0 Å². The number of fused-ring (bicyclic) bond motifs is 1. The van der Waals surface area contributed by atoms with Gasteiger partial charge in [0.25, 0.3) is 0 Å². The third-order valence-corrected chi connectivity index (χ3v) is 5.45. The first-order valence-electron chi connectivity index (χ1n) is 7.70. The predicted molar refractivity (Wildman–Crippen MR) is 93.0 cm³/mol. The Labute approximate surface area is 139 Å². The van der Waals surface area contributed by atoms with Gasteiger partial charge in [0.15, 0.2) is 0 Å². The molecule has 0 spiro atoms. The van der Waals surface area contributed by atoms with E-state index in [0.717, 1.165) is 38.2 Å². The molecule has 3 nitrogen and oxygen atoms in total. The van der Waals surface area contributed by atoms with E-state index in [4.69, 9.17) is 9.84 Å². The maximum absolute atomic E-state index is 5.77. The molecule has 1 atom stereocenters. The van der Waals surface area contributed by atoms with Crippen LogP contribution in [0.4, 0.5) is 0 Å². The monoisotopic (exact) mass is 396 g/mol. The highest BCUT2D eigenvalue weighted by Gasteiger charge is 2.23. The van der Waals surface area contributed by atoms with E-state index in [1.165, 1.54) is 20.5 Å². The van der Waals surface area contributed by atoms with Crippen LogP contribution in [0.1, 0.15) is 43.1 Å². The van der Waals surface area contributed by atoms with Crippen LogP contribution in [0.2, 0.25) is 0 Å². The molecular weight excluding hydrogens is 375 g/mol. The van der Waals surface area contributed by atoms with Gasteiger partial charge >= 0.3 is 0 Å². The van der Waals surface area contributed by atoms with Crippen LogP contribution in [-0.4, -0.2) is 16.4 Å². The SMILES string of the molecule is CCc1nn(CC2CCOc3ccccc32)c(CC)c1I. The normalized spacial score (nSPS) is 17.4. The summed E-state index contributed by atoms with van der Waals surface area (Å²) in [7, 11) is 0. The molecule has 4 heteroatoms. The zero-order chi connectivity index (χ0) is 14.8. The van der Waals surface area contributed by atoms with Gasteiger partial charge in [-0.05, 0) is 53.5 Å². The minimum atomic E-state index is 0.501. The van der Waals surface area contributed by atoms with Gasteiger partial charge in [-0.2, -0.15) is 5.10 Å². The van der Waals surface area contributed by atoms with E-state index in [0.29, 0.717) is 5.92 Å². The molecule has 1 aliphatic rings. The van der Waals surface area contributed by atoms with Crippen molar-refractivity contribution in [3.63, 3.8) is 0 Å². The second-order valence-corrected chi connectivity index (χ2v) is 6.55. The fourth-order valence-corrected chi connectivity index (χ4v) is 4.21. The van der Waals surface area contributed by atoms with Crippen molar-refractivity contribution in [1.29, 1.82) is 0 Å². The fraction of sp³-hybridized carbons (Fsp3) is 0.471. The Morgan fingerprint density at radius 3 is 2.86 bits per heavy atom. The summed E-state index contributed by atoms with van der Waals surface area (Å²) in [4.78, 5) is 0. The van der Waals surface area contributed by atoms with E-state index < -0.39 is 0 Å². The Bertz CT molecular complexity index is 636. The summed E-state index contributed by atoms with van der Waals surface area (Å²) in [6.07, 6.45) is 3.11. The number of aryl methyl sites for hydroxylation is 1. The van der Waals surface area contributed by atoms with E-state index in [2.05, 4.69) is 59.3 Å². The van der Waals surface area contributed by atoms with Crippen LogP contribution >= 0.6 is 22.6 Å². The maximum atomic E-state index is 5.77. The molecule has 21 heavy (non-hydrogen) atoms. The van der Waals surface area contributed by atoms with E-state index in [-0.39, 0.29) is 0 Å². The van der Waals surface area contributed by atoms with Gasteiger partial charge < -0.3 is 4.74 Å². The van der Waals surface area contributed by atoms with Crippen LogP contribution in [-0.2, 0) is 19.4 Å². The topological polar surface area (TPSA) is 27.1 Å². The minimum Gasteiger partial charge on any atom is -0.493 e. The Morgan fingerprint density at radius 2 is 2.10 bits per heavy atom. The Hall–Kier alpha value is -1.04. The average molecular weight is 396 g/mol. The number of ether oxygens (including phenoxy) is 1. The molecule has 0 aliphatic carbocycles. The van der Waals surface area contributed by atoms with E-state index >= 15 is 0 Å². The van der Waals surface area contributed by atoms with E-state index in [1.54, 1.807) is 0 Å². The molecule has 2 aromatic rings. The minimum absolute atomic E-state index is 0.501. The molecular formula is C17H21IN2O. The Morgan fingerprint density at radius 1 is 1.29 bits per heavy atom. The first kappa shape index (κ1) is 14.9. The van der Waals surface area contributed by atoms with Crippen molar-refractivity contribution < 1.29 is 4.74 Å². The number of hydrogen-bond donors (Lipinski definition) is 0. The lowest BCUT2D eigenvalue weighted by Gasteiger charge is -2.26. The number of hydrogen-bond acceptors (Lipinski definition) is 2. The summed E-state index contributed by atoms with van der Waals surface area (Å²) in [5, 5.41) is 4.83. The third kappa shape index (κ3) is 2.82. The highest BCUT2D eigenvalue weighted by Crippen LogP contribution is 2.35. The van der Waals surface area contributed by atoms with Crippen LogP contribution in [0.25, 0.3) is 0 Å². The first-order chi connectivity index (χ1) is 10.2. The van der Waals surface area contributed by atoms with Crippen molar-refractivity contribution in [2.75, 3.05) is 6.61 Å². The zero-order valence-corrected chi connectivity index (χ0v) is 14.8. The third-order valence-electron chi connectivity index (χ3n) is 4.21. The molecule has 2 heterocycles. The Kier molecular flexibility index (Phi) is 4.52. The predicted octanol–water partition coefficient (Wildman–Crippen LogP) is 4.18. The van der Waals surface area contributed by atoms with Gasteiger partial charge in [-0.15, -0.1) is 0 Å². The number of nitrogens with zero attached hydrogens (tertiary/aromatic N) is 2. The molecule has 1 aromatic carbocycles. The first-order valence-corrected chi connectivity index (χ1v) is 8.78. The van der Waals surface area contributed by atoms with Gasteiger partial charge in [0.2, 0.25) is 0 Å². The van der Waals surface area contributed by atoms with Gasteiger partial charge in [0.05, 0.1) is 21.6 Å². The van der Waals surface area contributed by atoms with Crippen molar-refractivity contribution in [2.45, 2.75) is 45.6 Å². The van der Waals surface area contributed by atoms with Gasteiger partial charge in [-0.1, -0.05) is 32.0 Å². The number of aromatic nitrogens is 2. The van der Waals surface area contributed by atoms with Crippen molar-refractivity contribution >= 4 is 22.6 Å². The van der Waals surface area contributed by atoms with Gasteiger partial charge in [0, 0.05) is 12.5 Å². The lowest BCUT2D eigenvalue weighted by molar-refractivity contribution is 0.255. The maximum Gasteiger partial charge on any atom is 0.122 e. The second-order valence-electron chi connectivity index (χ2n) is 5.47. The van der Waals surface area contributed by atoms with Gasteiger partial charge in [0.1, 0.15) is 5.75 Å². The highest BCUT2D eigenvalue weighted by atomic mass is 127. The quantitative estimate of drug-likeness (QED) is 0.726. The molecule has 1 unspecified atom stereocenters. The molecule has 0 N–H and O–H groups in total. The summed E-state index contributed by atoms with van der Waals surface area (Å²) in [6, 6.07) is 8.42. The second kappa shape index (κ2) is 6.38. The summed E-state index contributed by atoms with van der Waals surface area (Å²) in [5.74, 6) is 1.55. The lowest BCUT2D eigenvalue weighted by Crippen LogP contribution is -2.20. The van der Waals surface area contributed by atoms with Crippen molar-refractivity contribution in [3.05, 3.63) is 44.8 Å². The molecule has 3 rings (SSSR count). The fourth-order valence-electron chi connectivity index (χ4n) is 3.06. The molecule has 0 saturated carbocycles. The smallest absolute Gasteiger partial charge is 0.122 e. The molecule has 0 radical (unpaired) electrons. The number of benzene rings is 1. The Balaban J connectivity index is 1.91. The van der Waals surface area contributed by atoms with Crippen molar-refractivity contribution in [2.24, 2.45) is 0 Å². The molecule has 0 amide bonds. The summed E-state index contributed by atoms with van der Waals surface area (Å²) in [6.45, 7) is 6.16. The molecule has 0 bridgehead atoms. The molecule has 1 aliphatic heterocycles. The summed E-state index contributed by atoms with van der Waals surface area (Å²) >= 11 is 2.45. The number of rotatable bonds is 4. The van der Waals surface area contributed by atoms with Crippen molar-refractivity contribution in [1.82, 2.24) is 9.78 Å². The zero-order valence-electron chi connectivity index (χ0n) is 12.6. The van der Waals surface area contributed by atoms with Crippen LogP contribution in [0.5, 0.6) is 5.75 Å². The molecule has 0 saturated heterocycles. The average Bonchev–Trinajstić information content (AvgIpc) is 2.82. The molecule has 112 valence electrons. The number of halogens is 1. The standard InChI is InChI=1S/C17H21IN2O/c1-3-14-17(18)15(4-2)20(19-14)11-12-9-10-21-16-8-6-5-7-13(12)16/h5-8,12H,3-4,9-11H2,1-2H3. The largest absolute Gasteiger partial charge is 0.493 e. The van der Waals surface area contributed by atoms with Crippen LogP contribution in [0, 0.1) is 3.57 Å². The molecule has 0 fully saturated rings. The summed E-state index contributed by atoms with van der Waals surface area (Å²) in [5.41, 5.74) is 3.93.